The van der Waals surface area contributed by atoms with E-state index in [1.807, 2.05) is 19.1 Å². The lowest BCUT2D eigenvalue weighted by Crippen LogP contribution is -2.01. The van der Waals surface area contributed by atoms with E-state index >= 15 is 0 Å². The SMILES string of the molecule is CCCCCCCCCCNc1ccc(O)c(C)c1. The zero-order chi connectivity index (χ0) is 13.9. The molecular weight excluding hydrogens is 234 g/mol. The van der Waals surface area contributed by atoms with Crippen molar-refractivity contribution in [3.05, 3.63) is 23.8 Å². The zero-order valence-electron chi connectivity index (χ0n) is 12.5. The molecule has 1 rings (SSSR count). The summed E-state index contributed by atoms with van der Waals surface area (Å²) >= 11 is 0. The number of anilines is 1. The van der Waals surface area contributed by atoms with Crippen molar-refractivity contribution in [2.45, 2.75) is 65.2 Å². The highest BCUT2D eigenvalue weighted by atomic mass is 16.3. The van der Waals surface area contributed by atoms with Crippen LogP contribution in [0.3, 0.4) is 0 Å². The van der Waals surface area contributed by atoms with E-state index < -0.39 is 0 Å². The topological polar surface area (TPSA) is 32.3 Å². The highest BCUT2D eigenvalue weighted by Crippen LogP contribution is 2.20. The quantitative estimate of drug-likeness (QED) is 0.446. The lowest BCUT2D eigenvalue weighted by molar-refractivity contribution is 0.471. The smallest absolute Gasteiger partial charge is 0.118 e. The van der Waals surface area contributed by atoms with Gasteiger partial charge < -0.3 is 10.4 Å². The highest BCUT2D eigenvalue weighted by molar-refractivity contribution is 5.50. The highest BCUT2D eigenvalue weighted by Gasteiger charge is 1.97. The van der Waals surface area contributed by atoms with Gasteiger partial charge in [0.2, 0.25) is 0 Å². The number of aromatic hydroxyl groups is 1. The summed E-state index contributed by atoms with van der Waals surface area (Å²) in [5.74, 6) is 0.373. The largest absolute Gasteiger partial charge is 0.508 e. The Morgan fingerprint density at radius 2 is 1.58 bits per heavy atom. The molecule has 0 radical (unpaired) electrons. The van der Waals surface area contributed by atoms with Crippen LogP contribution >= 0.6 is 0 Å². The summed E-state index contributed by atoms with van der Waals surface area (Å²) in [5, 5.41) is 12.9. The predicted molar refractivity (Wildman–Crippen MR) is 83.9 cm³/mol. The van der Waals surface area contributed by atoms with Gasteiger partial charge >= 0.3 is 0 Å². The second-order valence-corrected chi connectivity index (χ2v) is 5.40. The predicted octanol–water partition coefficient (Wildman–Crippen LogP) is 5.25. The number of nitrogens with one attached hydrogen (secondary N) is 1. The third-order valence-electron chi connectivity index (χ3n) is 3.56. The maximum Gasteiger partial charge on any atom is 0.118 e. The molecule has 2 heteroatoms. The van der Waals surface area contributed by atoms with E-state index in [0.717, 1.165) is 17.8 Å². The van der Waals surface area contributed by atoms with Crippen molar-refractivity contribution in [3.63, 3.8) is 0 Å². The molecule has 0 saturated heterocycles. The average Bonchev–Trinajstić information content (AvgIpc) is 2.41. The van der Waals surface area contributed by atoms with Gasteiger partial charge in [0.15, 0.2) is 0 Å². The molecule has 0 saturated carbocycles. The lowest BCUT2D eigenvalue weighted by Gasteiger charge is -2.08. The summed E-state index contributed by atoms with van der Waals surface area (Å²) in [6.07, 6.45) is 10.8. The first-order valence-corrected chi connectivity index (χ1v) is 7.77. The van der Waals surface area contributed by atoms with E-state index in [-0.39, 0.29) is 0 Å². The van der Waals surface area contributed by atoms with Gasteiger partial charge in [0.25, 0.3) is 0 Å². The number of unbranched alkanes of at least 4 members (excludes halogenated alkanes) is 7. The van der Waals surface area contributed by atoms with Gasteiger partial charge in [0.1, 0.15) is 5.75 Å². The van der Waals surface area contributed by atoms with Gasteiger partial charge in [-0.1, -0.05) is 51.9 Å². The Bertz CT molecular complexity index is 349. The van der Waals surface area contributed by atoms with E-state index in [1.165, 1.54) is 51.4 Å². The van der Waals surface area contributed by atoms with Crippen LogP contribution in [0, 0.1) is 6.92 Å². The van der Waals surface area contributed by atoms with Crippen molar-refractivity contribution in [2.75, 3.05) is 11.9 Å². The van der Waals surface area contributed by atoms with Crippen LogP contribution < -0.4 is 5.32 Å². The molecule has 0 aromatic heterocycles. The fourth-order valence-corrected chi connectivity index (χ4v) is 2.26. The maximum absolute atomic E-state index is 9.45. The van der Waals surface area contributed by atoms with Crippen LogP contribution in [0.25, 0.3) is 0 Å². The van der Waals surface area contributed by atoms with Crippen molar-refractivity contribution in [1.29, 1.82) is 0 Å². The molecule has 0 aliphatic rings. The Kier molecular flexibility index (Phi) is 8.11. The molecule has 19 heavy (non-hydrogen) atoms. The van der Waals surface area contributed by atoms with Crippen LogP contribution in [-0.2, 0) is 0 Å². The molecule has 0 spiro atoms. The molecule has 0 aliphatic carbocycles. The summed E-state index contributed by atoms with van der Waals surface area (Å²) in [7, 11) is 0. The molecule has 2 N–H and O–H groups in total. The van der Waals surface area contributed by atoms with Gasteiger partial charge in [-0.25, -0.2) is 0 Å². The van der Waals surface area contributed by atoms with Crippen LogP contribution in [0.15, 0.2) is 18.2 Å². The van der Waals surface area contributed by atoms with Crippen molar-refractivity contribution in [1.82, 2.24) is 0 Å². The Morgan fingerprint density at radius 1 is 0.947 bits per heavy atom. The molecule has 108 valence electrons. The molecule has 0 unspecified atom stereocenters. The van der Waals surface area contributed by atoms with Gasteiger partial charge in [0, 0.05) is 12.2 Å². The zero-order valence-corrected chi connectivity index (χ0v) is 12.5. The van der Waals surface area contributed by atoms with Gasteiger partial charge in [-0.05, 0) is 37.1 Å². The second kappa shape index (κ2) is 9.71. The number of aryl methyl sites for hydroxylation is 1. The van der Waals surface area contributed by atoms with Gasteiger partial charge in [-0.15, -0.1) is 0 Å². The number of rotatable bonds is 10. The fourth-order valence-electron chi connectivity index (χ4n) is 2.26. The molecule has 0 aliphatic heterocycles. The van der Waals surface area contributed by atoms with Crippen LogP contribution in [-0.4, -0.2) is 11.7 Å². The van der Waals surface area contributed by atoms with E-state index in [1.54, 1.807) is 6.07 Å². The maximum atomic E-state index is 9.45. The van der Waals surface area contributed by atoms with E-state index in [2.05, 4.69) is 12.2 Å². The number of phenolic OH excluding ortho intramolecular Hbond substituents is 1. The molecule has 1 aromatic rings. The fraction of sp³-hybridized carbons (Fsp3) is 0.647. The normalized spacial score (nSPS) is 10.6. The summed E-state index contributed by atoms with van der Waals surface area (Å²) < 4.78 is 0. The van der Waals surface area contributed by atoms with Crippen molar-refractivity contribution >= 4 is 5.69 Å². The minimum absolute atomic E-state index is 0.373. The van der Waals surface area contributed by atoms with E-state index in [4.69, 9.17) is 0 Å². The first-order valence-electron chi connectivity index (χ1n) is 7.77. The van der Waals surface area contributed by atoms with Crippen molar-refractivity contribution < 1.29 is 5.11 Å². The molecule has 0 atom stereocenters. The van der Waals surface area contributed by atoms with Crippen LogP contribution in [0.4, 0.5) is 5.69 Å². The number of phenols is 1. The minimum atomic E-state index is 0.373. The van der Waals surface area contributed by atoms with Gasteiger partial charge in [-0.3, -0.25) is 0 Å². The molecule has 0 heterocycles. The first kappa shape index (κ1) is 15.9. The van der Waals surface area contributed by atoms with Crippen LogP contribution in [0.1, 0.15) is 63.9 Å². The Hall–Kier alpha value is -1.18. The third-order valence-corrected chi connectivity index (χ3v) is 3.56. The third kappa shape index (κ3) is 7.09. The van der Waals surface area contributed by atoms with Crippen molar-refractivity contribution in [2.24, 2.45) is 0 Å². The van der Waals surface area contributed by atoms with E-state index in [9.17, 15) is 5.11 Å². The second-order valence-electron chi connectivity index (χ2n) is 5.40. The lowest BCUT2D eigenvalue weighted by atomic mass is 10.1. The first-order chi connectivity index (χ1) is 9.24. The van der Waals surface area contributed by atoms with Crippen molar-refractivity contribution in [3.8, 4) is 5.75 Å². The Labute approximate surface area is 118 Å². The molecule has 0 bridgehead atoms. The number of hydrogen-bond acceptors (Lipinski definition) is 2. The molecule has 0 amide bonds. The monoisotopic (exact) mass is 263 g/mol. The summed E-state index contributed by atoms with van der Waals surface area (Å²) in [6.45, 7) is 5.21. The Morgan fingerprint density at radius 3 is 2.21 bits per heavy atom. The van der Waals surface area contributed by atoms with Gasteiger partial charge in [0.05, 0.1) is 0 Å². The molecule has 2 nitrogen and oxygen atoms in total. The molecule has 1 aromatic carbocycles. The summed E-state index contributed by atoms with van der Waals surface area (Å²) in [4.78, 5) is 0. The standard InChI is InChI=1S/C17H29NO/c1-3-4-5-6-7-8-9-10-13-18-16-11-12-17(19)15(2)14-16/h11-12,14,18-19H,3-10,13H2,1-2H3. The number of hydrogen-bond donors (Lipinski definition) is 2. The van der Waals surface area contributed by atoms with Gasteiger partial charge in [-0.2, -0.15) is 0 Å². The molecular formula is C17H29NO. The average molecular weight is 263 g/mol. The number of benzene rings is 1. The van der Waals surface area contributed by atoms with E-state index in [0.29, 0.717) is 5.75 Å². The van der Waals surface area contributed by atoms with Crippen LogP contribution in [0.2, 0.25) is 0 Å². The minimum Gasteiger partial charge on any atom is -0.508 e. The summed E-state index contributed by atoms with van der Waals surface area (Å²) in [6, 6.07) is 5.69. The Balaban J connectivity index is 2.00. The molecule has 0 fully saturated rings. The van der Waals surface area contributed by atoms with Crippen LogP contribution in [0.5, 0.6) is 5.75 Å². The summed E-state index contributed by atoms with van der Waals surface area (Å²) in [5.41, 5.74) is 2.04.